The molecule has 2 aromatic carbocycles. The number of hydrogen-bond acceptors (Lipinski definition) is 3. The molecule has 4 heteroatoms. The molecule has 0 aliphatic carbocycles. The number of hydrogen-bond donors (Lipinski definition) is 0. The third kappa shape index (κ3) is 5.40. The van der Waals surface area contributed by atoms with Gasteiger partial charge in [-0.1, -0.05) is 88.3 Å². The maximum absolute atomic E-state index is 6.03. The van der Waals surface area contributed by atoms with E-state index in [-0.39, 0.29) is 0 Å². The first-order valence-electron chi connectivity index (χ1n) is 9.86. The van der Waals surface area contributed by atoms with E-state index in [1.807, 2.05) is 36.4 Å². The van der Waals surface area contributed by atoms with Gasteiger partial charge in [0.1, 0.15) is 11.2 Å². The third-order valence-corrected chi connectivity index (χ3v) is 5.69. The molecule has 0 radical (unpaired) electrons. The van der Waals surface area contributed by atoms with Crippen LogP contribution < -0.4 is 4.52 Å². The molecule has 3 nitrogen and oxygen atoms in total. The zero-order chi connectivity index (χ0) is 18.0. The standard InChI is InChI=1S/C22H29O3P/c1-2-3-4-5-6-7-8-13-18-23-26-24-21-16-11-9-14-19(21)20-15-10-12-17-22(20)25-26/h9-12,14-17H,2-8,13,18H2,1H3. The quantitative estimate of drug-likeness (QED) is 0.340. The van der Waals surface area contributed by atoms with Gasteiger partial charge in [0.25, 0.3) is 0 Å². The van der Waals surface area contributed by atoms with Gasteiger partial charge in [-0.15, -0.1) is 0 Å². The number of benzene rings is 2. The van der Waals surface area contributed by atoms with E-state index in [1.165, 1.54) is 44.9 Å². The van der Waals surface area contributed by atoms with Crippen molar-refractivity contribution in [3.63, 3.8) is 0 Å². The van der Waals surface area contributed by atoms with Crippen LogP contribution in [0.5, 0.6) is 0 Å². The lowest BCUT2D eigenvalue weighted by Crippen LogP contribution is -1.94. The fourth-order valence-electron chi connectivity index (χ4n) is 3.14. The van der Waals surface area contributed by atoms with Crippen molar-refractivity contribution >= 4 is 30.2 Å². The van der Waals surface area contributed by atoms with Crippen LogP contribution >= 0.6 is 8.24 Å². The molecule has 0 aliphatic heterocycles. The lowest BCUT2D eigenvalue weighted by atomic mass is 10.1. The first kappa shape index (κ1) is 19.1. The molecule has 1 heterocycles. The van der Waals surface area contributed by atoms with Gasteiger partial charge in [0.15, 0.2) is 0 Å². The van der Waals surface area contributed by atoms with Crippen LogP contribution in [0.4, 0.5) is 0 Å². The molecule has 0 bridgehead atoms. The maximum atomic E-state index is 6.03. The topological polar surface area (TPSA) is 35.5 Å². The summed E-state index contributed by atoms with van der Waals surface area (Å²) in [7, 11) is -1.40. The van der Waals surface area contributed by atoms with E-state index in [4.69, 9.17) is 12.9 Å². The number of unbranched alkanes of at least 4 members (excludes halogenated alkanes) is 7. The molecule has 1 aromatic heterocycles. The van der Waals surface area contributed by atoms with Gasteiger partial charge < -0.3 is 8.39 Å². The fraction of sp³-hybridized carbons (Fsp3) is 0.455. The van der Waals surface area contributed by atoms with Crippen molar-refractivity contribution in [1.29, 1.82) is 0 Å². The smallest absolute Gasteiger partial charge is 0.387 e. The first-order valence-corrected chi connectivity index (χ1v) is 11.0. The predicted octanol–water partition coefficient (Wildman–Crippen LogP) is 7.86. The molecule has 0 atom stereocenters. The molecule has 0 fully saturated rings. The number of para-hydroxylation sites is 2. The lowest BCUT2D eigenvalue weighted by molar-refractivity contribution is 0.356. The van der Waals surface area contributed by atoms with Gasteiger partial charge >= 0.3 is 8.24 Å². The summed E-state index contributed by atoms with van der Waals surface area (Å²) in [6, 6.07) is 16.1. The van der Waals surface area contributed by atoms with Gasteiger partial charge in [-0.2, -0.15) is 0 Å². The Labute approximate surface area is 157 Å². The van der Waals surface area contributed by atoms with Crippen LogP contribution in [0.25, 0.3) is 21.9 Å². The summed E-state index contributed by atoms with van der Waals surface area (Å²) in [6.07, 6.45) is 10.3. The summed E-state index contributed by atoms with van der Waals surface area (Å²) in [5.41, 5.74) is 1.67. The SMILES string of the molecule is CCCCCCCCCCOp1oc2ccccc2c2ccccc2o1. The van der Waals surface area contributed by atoms with Crippen LogP contribution in [-0.4, -0.2) is 6.61 Å². The van der Waals surface area contributed by atoms with E-state index in [0.717, 1.165) is 28.4 Å². The largest absolute Gasteiger partial charge is 0.399 e. The van der Waals surface area contributed by atoms with E-state index < -0.39 is 8.24 Å². The van der Waals surface area contributed by atoms with Gasteiger partial charge in [-0.3, -0.25) is 4.52 Å². The van der Waals surface area contributed by atoms with Crippen LogP contribution in [-0.2, 0) is 0 Å². The molecule has 0 N–H and O–H groups in total. The highest BCUT2D eigenvalue weighted by Gasteiger charge is 2.06. The number of rotatable bonds is 10. The molecule has 3 aromatic rings. The molecule has 26 heavy (non-hydrogen) atoms. The first-order chi connectivity index (χ1) is 12.9. The Hall–Kier alpha value is -1.70. The lowest BCUT2D eigenvalue weighted by Gasteiger charge is -2.02. The second-order valence-electron chi connectivity index (χ2n) is 6.71. The van der Waals surface area contributed by atoms with Crippen molar-refractivity contribution in [2.45, 2.75) is 58.3 Å². The van der Waals surface area contributed by atoms with E-state index in [9.17, 15) is 0 Å². The minimum absolute atomic E-state index is 0.686. The molecule has 0 unspecified atom stereocenters. The zero-order valence-corrected chi connectivity index (χ0v) is 16.5. The van der Waals surface area contributed by atoms with Crippen LogP contribution in [0.15, 0.2) is 56.9 Å². The second kappa shape index (κ2) is 10.4. The summed E-state index contributed by atoms with van der Waals surface area (Å²) in [6.45, 7) is 2.94. The Bertz CT molecular complexity index is 783. The van der Waals surface area contributed by atoms with E-state index in [2.05, 4.69) is 19.1 Å². The third-order valence-electron chi connectivity index (χ3n) is 4.60. The van der Waals surface area contributed by atoms with Gasteiger partial charge in [-0.25, -0.2) is 0 Å². The fourth-order valence-corrected chi connectivity index (χ4v) is 4.20. The van der Waals surface area contributed by atoms with Gasteiger partial charge in [0.05, 0.1) is 6.61 Å². The Morgan fingerprint density at radius 2 is 1.19 bits per heavy atom. The molecule has 0 aliphatic rings. The molecule has 0 amide bonds. The van der Waals surface area contributed by atoms with Crippen LogP contribution in [0.1, 0.15) is 58.3 Å². The van der Waals surface area contributed by atoms with Crippen molar-refractivity contribution in [3.05, 3.63) is 48.5 Å². The summed E-state index contributed by atoms with van der Waals surface area (Å²) in [4.78, 5) is 0. The Morgan fingerprint density at radius 3 is 1.77 bits per heavy atom. The van der Waals surface area contributed by atoms with Crippen molar-refractivity contribution in [1.82, 2.24) is 0 Å². The van der Waals surface area contributed by atoms with Crippen molar-refractivity contribution in [3.8, 4) is 0 Å². The second-order valence-corrected chi connectivity index (χ2v) is 7.78. The summed E-state index contributed by atoms with van der Waals surface area (Å²) < 4.78 is 18.0. The summed E-state index contributed by atoms with van der Waals surface area (Å²) >= 11 is 0. The molecule has 140 valence electrons. The summed E-state index contributed by atoms with van der Waals surface area (Å²) in [5.74, 6) is 0. The highest BCUT2D eigenvalue weighted by Crippen LogP contribution is 2.33. The van der Waals surface area contributed by atoms with Gasteiger partial charge in [-0.05, 0) is 18.6 Å². The van der Waals surface area contributed by atoms with Crippen LogP contribution in [0.3, 0.4) is 0 Å². The van der Waals surface area contributed by atoms with Crippen molar-refractivity contribution < 1.29 is 12.9 Å². The average Bonchev–Trinajstić information content (AvgIpc) is 2.83. The predicted molar refractivity (Wildman–Crippen MR) is 110 cm³/mol. The molecular weight excluding hydrogens is 343 g/mol. The Balaban J connectivity index is 1.60. The Morgan fingerprint density at radius 1 is 0.692 bits per heavy atom. The Kier molecular flexibility index (Phi) is 7.66. The minimum atomic E-state index is -1.40. The average molecular weight is 372 g/mol. The zero-order valence-electron chi connectivity index (χ0n) is 15.7. The summed E-state index contributed by atoms with van der Waals surface area (Å²) in [5, 5.41) is 2.12. The van der Waals surface area contributed by atoms with Crippen molar-refractivity contribution in [2.24, 2.45) is 0 Å². The van der Waals surface area contributed by atoms with Crippen molar-refractivity contribution in [2.75, 3.05) is 6.61 Å². The minimum Gasteiger partial charge on any atom is -0.399 e. The maximum Gasteiger partial charge on any atom is 0.387 e. The molecule has 0 spiro atoms. The number of fused-ring (bicyclic) bond motifs is 3. The molecule has 0 saturated carbocycles. The van der Waals surface area contributed by atoms with E-state index >= 15 is 0 Å². The van der Waals surface area contributed by atoms with Crippen LogP contribution in [0, 0.1) is 0 Å². The van der Waals surface area contributed by atoms with Crippen LogP contribution in [0.2, 0.25) is 0 Å². The van der Waals surface area contributed by atoms with E-state index in [1.54, 1.807) is 0 Å². The molecule has 0 saturated heterocycles. The highest BCUT2D eigenvalue weighted by atomic mass is 31.1. The van der Waals surface area contributed by atoms with Gasteiger partial charge in [0, 0.05) is 10.8 Å². The van der Waals surface area contributed by atoms with E-state index in [0.29, 0.717) is 6.61 Å². The highest BCUT2D eigenvalue weighted by molar-refractivity contribution is 7.31. The normalized spacial score (nSPS) is 11.3. The molecule has 3 rings (SSSR count). The van der Waals surface area contributed by atoms with Gasteiger partial charge in [0.2, 0.25) is 0 Å². The molecular formula is C22H29O3P. The monoisotopic (exact) mass is 372 g/mol.